The van der Waals surface area contributed by atoms with Crippen molar-refractivity contribution in [1.29, 1.82) is 0 Å². The van der Waals surface area contributed by atoms with E-state index in [1.54, 1.807) is 0 Å². The molecule has 4 rings (SSSR count). The van der Waals surface area contributed by atoms with Gasteiger partial charge in [-0.2, -0.15) is 0 Å². The Morgan fingerprint density at radius 3 is 2.47 bits per heavy atom. The molecule has 8 heteroatoms. The third-order valence-electron chi connectivity index (χ3n) is 4.72. The van der Waals surface area contributed by atoms with Gasteiger partial charge in [0.25, 0.3) is 5.91 Å². The second kappa shape index (κ2) is 9.83. The number of rotatable bonds is 8. The zero-order valence-corrected chi connectivity index (χ0v) is 19.0. The summed E-state index contributed by atoms with van der Waals surface area (Å²) >= 11 is 2.87. The second-order valence-electron chi connectivity index (χ2n) is 6.97. The predicted molar refractivity (Wildman–Crippen MR) is 132 cm³/mol. The number of thiophene rings is 1. The van der Waals surface area contributed by atoms with E-state index in [0.717, 1.165) is 37.2 Å². The number of hydrogen-bond donors (Lipinski definition) is 2. The number of thiazole rings is 1. The Hall–Kier alpha value is -3.38. The van der Waals surface area contributed by atoms with Gasteiger partial charge in [-0.1, -0.05) is 41.5 Å². The topological polar surface area (TPSA) is 74.7 Å². The van der Waals surface area contributed by atoms with E-state index in [-0.39, 0.29) is 19.1 Å². The first-order valence-corrected chi connectivity index (χ1v) is 11.5. The lowest BCUT2D eigenvalue weighted by molar-refractivity contribution is 0.103. The lowest BCUT2D eigenvalue weighted by Crippen LogP contribution is -2.20. The first kappa shape index (κ1) is 21.8. The molecule has 0 unspecified atom stereocenters. The van der Waals surface area contributed by atoms with E-state index in [9.17, 15) is 4.79 Å². The van der Waals surface area contributed by atoms with Crippen LogP contribution in [0.4, 0.5) is 10.8 Å². The zero-order valence-electron chi connectivity index (χ0n) is 17.4. The molecule has 2 N–H and O–H groups in total. The van der Waals surface area contributed by atoms with Crippen molar-refractivity contribution in [1.82, 2.24) is 4.98 Å². The SMILES string of the molecule is C#CCOc1ccc(-c2ccc(NC(=O)c3cc4sc(N(C)CCO)nc4s3)cc2)cc1. The number of hydrogen-bond acceptors (Lipinski definition) is 7. The molecule has 0 atom stereocenters. The number of nitrogens with zero attached hydrogens (tertiary/aromatic N) is 2. The molecule has 2 aromatic carbocycles. The van der Waals surface area contributed by atoms with Crippen molar-refractivity contribution >= 4 is 48.9 Å². The van der Waals surface area contributed by atoms with Gasteiger partial charge >= 0.3 is 0 Å². The highest BCUT2D eigenvalue weighted by molar-refractivity contribution is 7.29. The zero-order chi connectivity index (χ0) is 22.5. The molecular formula is C24H21N3O3S2. The molecule has 0 bridgehead atoms. The number of amides is 1. The van der Waals surface area contributed by atoms with Gasteiger partial charge in [-0.15, -0.1) is 17.8 Å². The van der Waals surface area contributed by atoms with Crippen LogP contribution in [-0.2, 0) is 0 Å². The van der Waals surface area contributed by atoms with Crippen LogP contribution < -0.4 is 15.0 Å². The van der Waals surface area contributed by atoms with Crippen molar-refractivity contribution < 1.29 is 14.6 Å². The molecule has 0 saturated carbocycles. The van der Waals surface area contributed by atoms with E-state index in [2.05, 4.69) is 16.2 Å². The summed E-state index contributed by atoms with van der Waals surface area (Å²) in [5, 5.41) is 12.9. The third kappa shape index (κ3) is 4.92. The van der Waals surface area contributed by atoms with Crippen LogP contribution in [0, 0.1) is 12.3 Å². The number of anilines is 2. The summed E-state index contributed by atoms with van der Waals surface area (Å²) in [5.41, 5.74) is 2.80. The average molecular weight is 464 g/mol. The van der Waals surface area contributed by atoms with Gasteiger partial charge in [-0.3, -0.25) is 4.79 Å². The van der Waals surface area contributed by atoms with Gasteiger partial charge < -0.3 is 20.1 Å². The molecule has 0 radical (unpaired) electrons. The molecule has 32 heavy (non-hydrogen) atoms. The summed E-state index contributed by atoms with van der Waals surface area (Å²) in [5.74, 6) is 3.01. The fourth-order valence-electron chi connectivity index (χ4n) is 3.05. The molecule has 0 fully saturated rings. The minimum absolute atomic E-state index is 0.0718. The van der Waals surface area contributed by atoms with Crippen LogP contribution in [0.3, 0.4) is 0 Å². The maximum Gasteiger partial charge on any atom is 0.265 e. The molecule has 2 aromatic heterocycles. The fourth-order valence-corrected chi connectivity index (χ4v) is 5.15. The van der Waals surface area contributed by atoms with Crippen molar-refractivity contribution in [2.75, 3.05) is 37.0 Å². The molecule has 4 aromatic rings. The number of aromatic nitrogens is 1. The molecule has 0 spiro atoms. The predicted octanol–water partition coefficient (Wildman–Crippen LogP) is 4.72. The highest BCUT2D eigenvalue weighted by atomic mass is 32.1. The maximum atomic E-state index is 12.7. The normalized spacial score (nSPS) is 10.7. The summed E-state index contributed by atoms with van der Waals surface area (Å²) in [6.07, 6.45) is 5.21. The summed E-state index contributed by atoms with van der Waals surface area (Å²) in [6, 6.07) is 17.3. The van der Waals surface area contributed by atoms with Gasteiger partial charge in [-0.25, -0.2) is 4.98 Å². The number of likely N-dealkylation sites (N-methyl/N-ethyl adjacent to an activating group) is 1. The Bertz CT molecular complexity index is 1220. The summed E-state index contributed by atoms with van der Waals surface area (Å²) < 4.78 is 6.36. The molecule has 1 amide bonds. The summed E-state index contributed by atoms with van der Waals surface area (Å²) in [6.45, 7) is 0.837. The van der Waals surface area contributed by atoms with Crippen LogP contribution in [0.5, 0.6) is 5.75 Å². The molecule has 2 heterocycles. The van der Waals surface area contributed by atoms with Crippen LogP contribution in [0.15, 0.2) is 54.6 Å². The molecule has 6 nitrogen and oxygen atoms in total. The summed E-state index contributed by atoms with van der Waals surface area (Å²) in [7, 11) is 1.89. The second-order valence-corrected chi connectivity index (χ2v) is 9.01. The van der Waals surface area contributed by atoms with Gasteiger partial charge in [0.05, 0.1) is 16.2 Å². The number of aliphatic hydroxyl groups excluding tert-OH is 1. The third-order valence-corrected chi connectivity index (χ3v) is 6.99. The molecule has 0 aliphatic rings. The Balaban J connectivity index is 1.41. The first-order chi connectivity index (χ1) is 15.6. The Morgan fingerprint density at radius 1 is 1.16 bits per heavy atom. The quantitative estimate of drug-likeness (QED) is 0.370. The van der Waals surface area contributed by atoms with Crippen LogP contribution >= 0.6 is 22.7 Å². The minimum atomic E-state index is -0.159. The van der Waals surface area contributed by atoms with E-state index in [0.29, 0.717) is 11.4 Å². The fraction of sp³-hybridized carbons (Fsp3) is 0.167. The first-order valence-electron chi connectivity index (χ1n) is 9.88. The van der Waals surface area contributed by atoms with E-state index >= 15 is 0 Å². The number of carbonyl (C=O) groups excluding carboxylic acids is 1. The van der Waals surface area contributed by atoms with Crippen molar-refractivity contribution in [3.8, 4) is 29.2 Å². The van der Waals surface area contributed by atoms with Crippen molar-refractivity contribution in [3.05, 3.63) is 59.5 Å². The lowest BCUT2D eigenvalue weighted by Gasteiger charge is -2.12. The van der Waals surface area contributed by atoms with Gasteiger partial charge in [0.15, 0.2) is 5.13 Å². The maximum absolute atomic E-state index is 12.7. The smallest absolute Gasteiger partial charge is 0.265 e. The number of carbonyl (C=O) groups is 1. The van der Waals surface area contributed by atoms with E-state index in [1.165, 1.54) is 22.7 Å². The number of ether oxygens (including phenoxy) is 1. The molecular weight excluding hydrogens is 442 g/mol. The highest BCUT2D eigenvalue weighted by Gasteiger charge is 2.16. The van der Waals surface area contributed by atoms with Gasteiger partial charge in [0.2, 0.25) is 0 Å². The monoisotopic (exact) mass is 463 g/mol. The average Bonchev–Trinajstić information content (AvgIpc) is 3.39. The Morgan fingerprint density at radius 2 is 1.84 bits per heavy atom. The number of nitrogens with one attached hydrogen (secondary N) is 1. The standard InChI is InChI=1S/C24H21N3O3S2/c1-3-14-30-19-10-6-17(7-11-19)16-4-8-18(9-5-16)25-22(29)20-15-21-23(31-20)26-24(32-21)27(2)12-13-28/h1,4-11,15,28H,12-14H2,2H3,(H,25,29). The number of aliphatic hydroxyl groups is 1. The van der Waals surface area contributed by atoms with Crippen molar-refractivity contribution in [2.24, 2.45) is 0 Å². The summed E-state index contributed by atoms with van der Waals surface area (Å²) in [4.78, 5) is 20.6. The number of benzene rings is 2. The van der Waals surface area contributed by atoms with Crippen LogP contribution in [-0.4, -0.2) is 42.8 Å². The van der Waals surface area contributed by atoms with E-state index < -0.39 is 0 Å². The minimum Gasteiger partial charge on any atom is -0.481 e. The lowest BCUT2D eigenvalue weighted by atomic mass is 10.1. The van der Waals surface area contributed by atoms with E-state index in [1.807, 2.05) is 66.5 Å². The highest BCUT2D eigenvalue weighted by Crippen LogP contribution is 2.34. The molecule has 162 valence electrons. The molecule has 0 aliphatic carbocycles. The van der Waals surface area contributed by atoms with Gasteiger partial charge in [0, 0.05) is 19.3 Å². The Kier molecular flexibility index (Phi) is 6.71. The number of fused-ring (bicyclic) bond motifs is 1. The van der Waals surface area contributed by atoms with Gasteiger partial charge in [-0.05, 0) is 41.5 Å². The van der Waals surface area contributed by atoms with E-state index in [4.69, 9.17) is 16.3 Å². The number of terminal acetylenes is 1. The molecule has 0 saturated heterocycles. The largest absolute Gasteiger partial charge is 0.481 e. The molecule has 0 aliphatic heterocycles. The van der Waals surface area contributed by atoms with Crippen molar-refractivity contribution in [2.45, 2.75) is 0 Å². The Labute approximate surface area is 194 Å². The van der Waals surface area contributed by atoms with Crippen LogP contribution in [0.2, 0.25) is 0 Å². The van der Waals surface area contributed by atoms with Crippen LogP contribution in [0.1, 0.15) is 9.67 Å². The van der Waals surface area contributed by atoms with Crippen LogP contribution in [0.25, 0.3) is 20.7 Å². The van der Waals surface area contributed by atoms with Crippen molar-refractivity contribution in [3.63, 3.8) is 0 Å². The van der Waals surface area contributed by atoms with Gasteiger partial charge in [0.1, 0.15) is 17.2 Å².